The molecule has 102 valence electrons. The zero-order valence-electron chi connectivity index (χ0n) is 10.8. The molecule has 0 spiro atoms. The molecule has 3 fully saturated rings. The number of rotatable bonds is 2. The van der Waals surface area contributed by atoms with Crippen LogP contribution in [0.5, 0.6) is 0 Å². The van der Waals surface area contributed by atoms with Crippen LogP contribution in [0.15, 0.2) is 0 Å². The Balaban J connectivity index is 1.70. The van der Waals surface area contributed by atoms with Gasteiger partial charge in [-0.15, -0.1) is 0 Å². The number of fused-ring (bicyclic) bond motifs is 1. The molecule has 3 aliphatic rings. The number of carbonyl (C=O) groups excluding carboxylic acids is 1. The van der Waals surface area contributed by atoms with Gasteiger partial charge in [-0.1, -0.05) is 0 Å². The number of ether oxygens (including phenoxy) is 1. The Kier molecular flexibility index (Phi) is 3.08. The minimum Gasteiger partial charge on any atom is -0.375 e. The molecule has 0 aromatic rings. The molecule has 5 nitrogen and oxygen atoms in total. The van der Waals surface area contributed by atoms with E-state index in [2.05, 4.69) is 4.90 Å². The Labute approximate surface area is 108 Å². The van der Waals surface area contributed by atoms with E-state index in [4.69, 9.17) is 16.2 Å². The van der Waals surface area contributed by atoms with E-state index >= 15 is 0 Å². The fraction of sp³-hybridized carbons (Fsp3) is 0.923. The summed E-state index contributed by atoms with van der Waals surface area (Å²) in [4.78, 5) is 14.0. The molecule has 0 radical (unpaired) electrons. The van der Waals surface area contributed by atoms with E-state index in [9.17, 15) is 4.79 Å². The number of morpholine rings is 1. The van der Waals surface area contributed by atoms with Crippen LogP contribution in [0.2, 0.25) is 0 Å². The molecule has 0 aromatic carbocycles. The monoisotopic (exact) mass is 253 g/mol. The van der Waals surface area contributed by atoms with Crippen LogP contribution in [0.1, 0.15) is 38.5 Å². The van der Waals surface area contributed by atoms with Gasteiger partial charge in [-0.05, 0) is 38.5 Å². The van der Waals surface area contributed by atoms with Gasteiger partial charge in [-0.3, -0.25) is 9.69 Å². The molecule has 2 aliphatic carbocycles. The second-order valence-corrected chi connectivity index (χ2v) is 6.06. The number of hydrogen-bond donors (Lipinski definition) is 2. The molecule has 3 rings (SSSR count). The molecule has 1 amide bonds. The van der Waals surface area contributed by atoms with Crippen molar-refractivity contribution in [1.82, 2.24) is 4.90 Å². The van der Waals surface area contributed by atoms with Gasteiger partial charge in [0, 0.05) is 18.6 Å². The number of hydrogen-bond acceptors (Lipinski definition) is 4. The predicted molar refractivity (Wildman–Crippen MR) is 67.8 cm³/mol. The van der Waals surface area contributed by atoms with Crippen molar-refractivity contribution in [2.45, 2.75) is 62.3 Å². The van der Waals surface area contributed by atoms with Gasteiger partial charge in [0.2, 0.25) is 5.91 Å². The predicted octanol–water partition coefficient (Wildman–Crippen LogP) is -0.0250. The zero-order chi connectivity index (χ0) is 12.8. The number of primary amides is 1. The standard InChI is InChI=1S/C13H23N3O2/c14-12(17)13(15)5-4-9(8-13)16-6-7-18-11-3-1-2-10(11)16/h9-11H,1-8,15H2,(H2,14,17). The summed E-state index contributed by atoms with van der Waals surface area (Å²) in [5, 5.41) is 0. The molecule has 4 unspecified atom stereocenters. The third-order valence-corrected chi connectivity index (χ3v) is 5.01. The summed E-state index contributed by atoms with van der Waals surface area (Å²) in [5.41, 5.74) is 10.7. The normalized spacial score (nSPS) is 45.1. The lowest BCUT2D eigenvalue weighted by atomic mass is 9.97. The molecular weight excluding hydrogens is 230 g/mol. The van der Waals surface area contributed by atoms with Crippen molar-refractivity contribution < 1.29 is 9.53 Å². The lowest BCUT2D eigenvalue weighted by Gasteiger charge is -2.41. The Morgan fingerprint density at radius 2 is 2.17 bits per heavy atom. The van der Waals surface area contributed by atoms with E-state index in [1.165, 1.54) is 19.3 Å². The highest BCUT2D eigenvalue weighted by molar-refractivity contribution is 5.84. The van der Waals surface area contributed by atoms with Crippen molar-refractivity contribution in [3.8, 4) is 0 Å². The maximum atomic E-state index is 11.4. The summed E-state index contributed by atoms with van der Waals surface area (Å²) in [6.45, 7) is 1.78. The minimum atomic E-state index is -0.781. The van der Waals surface area contributed by atoms with Crippen molar-refractivity contribution in [2.75, 3.05) is 13.2 Å². The van der Waals surface area contributed by atoms with E-state index in [-0.39, 0.29) is 5.91 Å². The second-order valence-electron chi connectivity index (χ2n) is 6.06. The lowest BCUT2D eigenvalue weighted by molar-refractivity contribution is -0.123. The third kappa shape index (κ3) is 1.94. The topological polar surface area (TPSA) is 81.6 Å². The highest BCUT2D eigenvalue weighted by atomic mass is 16.5. The molecule has 2 saturated carbocycles. The van der Waals surface area contributed by atoms with Crippen LogP contribution < -0.4 is 11.5 Å². The van der Waals surface area contributed by atoms with Gasteiger partial charge in [-0.25, -0.2) is 0 Å². The summed E-state index contributed by atoms with van der Waals surface area (Å²) in [6.07, 6.45) is 6.48. The van der Waals surface area contributed by atoms with E-state index in [0.717, 1.165) is 26.0 Å². The summed E-state index contributed by atoms with van der Waals surface area (Å²) < 4.78 is 5.83. The van der Waals surface area contributed by atoms with Crippen molar-refractivity contribution in [1.29, 1.82) is 0 Å². The van der Waals surface area contributed by atoms with Crippen LogP contribution in [0.3, 0.4) is 0 Å². The summed E-state index contributed by atoms with van der Waals surface area (Å²) in [6, 6.07) is 0.955. The fourth-order valence-electron chi connectivity index (χ4n) is 3.96. The fourth-order valence-corrected chi connectivity index (χ4v) is 3.96. The maximum absolute atomic E-state index is 11.4. The molecule has 1 heterocycles. The summed E-state index contributed by atoms with van der Waals surface area (Å²) in [5.74, 6) is -0.346. The highest BCUT2D eigenvalue weighted by Crippen LogP contribution is 2.37. The van der Waals surface area contributed by atoms with Crippen molar-refractivity contribution in [2.24, 2.45) is 11.5 Å². The highest BCUT2D eigenvalue weighted by Gasteiger charge is 2.46. The molecule has 0 aromatic heterocycles. The van der Waals surface area contributed by atoms with E-state index in [0.29, 0.717) is 24.6 Å². The van der Waals surface area contributed by atoms with Crippen LogP contribution in [0.4, 0.5) is 0 Å². The van der Waals surface area contributed by atoms with Crippen molar-refractivity contribution >= 4 is 5.91 Å². The number of nitrogens with two attached hydrogens (primary N) is 2. The van der Waals surface area contributed by atoms with Gasteiger partial charge in [0.1, 0.15) is 0 Å². The lowest BCUT2D eigenvalue weighted by Crippen LogP contribution is -2.55. The molecular formula is C13H23N3O2. The summed E-state index contributed by atoms with van der Waals surface area (Å²) >= 11 is 0. The molecule has 0 bridgehead atoms. The van der Waals surface area contributed by atoms with Crippen molar-refractivity contribution in [3.63, 3.8) is 0 Å². The van der Waals surface area contributed by atoms with E-state index in [1.807, 2.05) is 0 Å². The molecule has 4 atom stereocenters. The Hall–Kier alpha value is -0.650. The molecule has 1 saturated heterocycles. The Morgan fingerprint density at radius 3 is 2.89 bits per heavy atom. The van der Waals surface area contributed by atoms with Gasteiger partial charge in [-0.2, -0.15) is 0 Å². The maximum Gasteiger partial charge on any atom is 0.237 e. The van der Waals surface area contributed by atoms with Gasteiger partial charge < -0.3 is 16.2 Å². The van der Waals surface area contributed by atoms with Crippen LogP contribution >= 0.6 is 0 Å². The first-order valence-electron chi connectivity index (χ1n) is 7.06. The molecule has 5 heteroatoms. The first-order valence-corrected chi connectivity index (χ1v) is 7.06. The first kappa shape index (κ1) is 12.4. The van der Waals surface area contributed by atoms with Crippen LogP contribution in [-0.4, -0.2) is 47.7 Å². The average Bonchev–Trinajstić information content (AvgIpc) is 2.95. The zero-order valence-corrected chi connectivity index (χ0v) is 10.8. The second kappa shape index (κ2) is 4.47. The summed E-state index contributed by atoms with van der Waals surface area (Å²) in [7, 11) is 0. The van der Waals surface area contributed by atoms with Crippen molar-refractivity contribution in [3.05, 3.63) is 0 Å². The van der Waals surface area contributed by atoms with Crippen LogP contribution in [0.25, 0.3) is 0 Å². The van der Waals surface area contributed by atoms with E-state index < -0.39 is 5.54 Å². The van der Waals surface area contributed by atoms with Crippen LogP contribution in [-0.2, 0) is 9.53 Å². The third-order valence-electron chi connectivity index (χ3n) is 5.01. The molecule has 4 N–H and O–H groups in total. The number of carbonyl (C=O) groups is 1. The Morgan fingerprint density at radius 1 is 1.33 bits per heavy atom. The number of amides is 1. The van der Waals surface area contributed by atoms with Crippen LogP contribution in [0, 0.1) is 0 Å². The minimum absolute atomic E-state index is 0.346. The largest absolute Gasteiger partial charge is 0.375 e. The van der Waals surface area contributed by atoms with Gasteiger partial charge >= 0.3 is 0 Å². The Bertz CT molecular complexity index is 349. The van der Waals surface area contributed by atoms with E-state index in [1.54, 1.807) is 0 Å². The SMILES string of the molecule is NC(=O)C1(N)CCC(N2CCOC3CCCC32)C1. The average molecular weight is 253 g/mol. The first-order chi connectivity index (χ1) is 8.60. The number of nitrogens with zero attached hydrogens (tertiary/aromatic N) is 1. The molecule has 1 aliphatic heterocycles. The smallest absolute Gasteiger partial charge is 0.237 e. The molecule has 18 heavy (non-hydrogen) atoms. The quantitative estimate of drug-likeness (QED) is 0.724. The van der Waals surface area contributed by atoms with Gasteiger partial charge in [0.05, 0.1) is 18.2 Å². The van der Waals surface area contributed by atoms with Gasteiger partial charge in [0.15, 0.2) is 0 Å². The van der Waals surface area contributed by atoms with Gasteiger partial charge in [0.25, 0.3) is 0 Å².